The molecule has 4 rings (SSSR count). The van der Waals surface area contributed by atoms with E-state index in [-0.39, 0.29) is 17.9 Å². The van der Waals surface area contributed by atoms with Gasteiger partial charge in [-0.05, 0) is 55.0 Å². The van der Waals surface area contributed by atoms with Gasteiger partial charge in [0.2, 0.25) is 0 Å². The second-order valence-electron chi connectivity index (χ2n) is 7.39. The smallest absolute Gasteiger partial charge is 0.315 e. The summed E-state index contributed by atoms with van der Waals surface area (Å²) in [6, 6.07) is 4.43. The van der Waals surface area contributed by atoms with Crippen LogP contribution in [-0.4, -0.2) is 41.1 Å². The number of fused-ring (bicyclic) bond motifs is 2. The molecule has 1 unspecified atom stereocenters. The van der Waals surface area contributed by atoms with Crippen molar-refractivity contribution < 1.29 is 13.9 Å². The molecule has 0 spiro atoms. The number of urea groups is 1. The van der Waals surface area contributed by atoms with Crippen LogP contribution in [0.25, 0.3) is 10.9 Å². The van der Waals surface area contributed by atoms with Crippen molar-refractivity contribution in [2.45, 2.75) is 38.3 Å². The van der Waals surface area contributed by atoms with Crippen LogP contribution in [-0.2, 0) is 24.1 Å². The van der Waals surface area contributed by atoms with Gasteiger partial charge in [0.05, 0.1) is 24.9 Å². The average molecular weight is 399 g/mol. The highest BCUT2D eigenvalue weighted by molar-refractivity contribution is 5.83. The monoisotopic (exact) mass is 399 g/mol. The maximum Gasteiger partial charge on any atom is 0.315 e. The molecule has 29 heavy (non-hydrogen) atoms. The number of nitrogens with zero attached hydrogens (tertiary/aromatic N) is 2. The topological polar surface area (TPSA) is 84.0 Å². The molecule has 7 nitrogen and oxygen atoms in total. The summed E-state index contributed by atoms with van der Waals surface area (Å²) < 4.78 is 20.3. The Balaban J connectivity index is 1.31. The summed E-state index contributed by atoms with van der Waals surface area (Å²) in [5.41, 5.74) is 3.98. The van der Waals surface area contributed by atoms with Crippen LogP contribution in [0.2, 0.25) is 0 Å². The summed E-state index contributed by atoms with van der Waals surface area (Å²) in [7, 11) is 1.67. The van der Waals surface area contributed by atoms with Crippen molar-refractivity contribution in [3.05, 3.63) is 53.2 Å². The fraction of sp³-hybridized carbons (Fsp3) is 0.429. The van der Waals surface area contributed by atoms with Gasteiger partial charge in [0.15, 0.2) is 0 Å². The number of hydrogen-bond acceptors (Lipinski definition) is 3. The van der Waals surface area contributed by atoms with Crippen LogP contribution in [0, 0.1) is 5.82 Å². The molecule has 1 aliphatic carbocycles. The largest absolute Gasteiger partial charge is 0.383 e. The number of benzene rings is 1. The number of amides is 2. The zero-order valence-corrected chi connectivity index (χ0v) is 16.5. The van der Waals surface area contributed by atoms with Crippen LogP contribution in [0.5, 0.6) is 0 Å². The number of H-pyrrole nitrogens is 1. The number of methoxy groups -OCH3 is 1. The van der Waals surface area contributed by atoms with Crippen molar-refractivity contribution in [1.29, 1.82) is 0 Å². The molecular formula is C21H26FN5O2. The number of hydrogen-bond donors (Lipinski definition) is 3. The Bertz CT molecular complexity index is 996. The van der Waals surface area contributed by atoms with Crippen molar-refractivity contribution in [3.63, 3.8) is 0 Å². The first-order valence-electron chi connectivity index (χ1n) is 9.99. The lowest BCUT2D eigenvalue weighted by Gasteiger charge is -2.22. The number of carbonyl (C=O) groups is 1. The lowest BCUT2D eigenvalue weighted by molar-refractivity contribution is 0.183. The van der Waals surface area contributed by atoms with Crippen LogP contribution in [0.3, 0.4) is 0 Å². The molecule has 1 aliphatic rings. The van der Waals surface area contributed by atoms with E-state index >= 15 is 0 Å². The third-order valence-corrected chi connectivity index (χ3v) is 5.38. The Morgan fingerprint density at radius 1 is 1.45 bits per heavy atom. The Morgan fingerprint density at radius 3 is 3.21 bits per heavy atom. The zero-order chi connectivity index (χ0) is 20.2. The molecule has 0 fully saturated rings. The van der Waals surface area contributed by atoms with Crippen LogP contribution in [0.1, 0.15) is 35.7 Å². The minimum atomic E-state index is -0.264. The van der Waals surface area contributed by atoms with E-state index in [9.17, 15) is 9.18 Å². The van der Waals surface area contributed by atoms with Gasteiger partial charge in [0.1, 0.15) is 5.82 Å². The van der Waals surface area contributed by atoms with E-state index in [0.717, 1.165) is 41.4 Å². The van der Waals surface area contributed by atoms with E-state index in [1.54, 1.807) is 13.2 Å². The van der Waals surface area contributed by atoms with Gasteiger partial charge in [-0.3, -0.25) is 4.68 Å². The molecule has 2 aromatic heterocycles. The minimum Gasteiger partial charge on any atom is -0.383 e. The lowest BCUT2D eigenvalue weighted by Crippen LogP contribution is -2.40. The van der Waals surface area contributed by atoms with Crippen molar-refractivity contribution in [2.75, 3.05) is 20.3 Å². The van der Waals surface area contributed by atoms with E-state index in [4.69, 9.17) is 4.74 Å². The zero-order valence-electron chi connectivity index (χ0n) is 16.5. The molecule has 2 heterocycles. The highest BCUT2D eigenvalue weighted by Crippen LogP contribution is 2.28. The van der Waals surface area contributed by atoms with Crippen molar-refractivity contribution in [1.82, 2.24) is 25.4 Å². The first-order chi connectivity index (χ1) is 14.1. The van der Waals surface area contributed by atoms with Crippen molar-refractivity contribution >= 4 is 16.9 Å². The minimum absolute atomic E-state index is 0.0707. The standard InChI is InChI=1S/C21H26FN5O2/c1-29-10-9-27-13-15-3-2-4-18(20(15)26-27)25-21(28)23-8-7-14-12-24-19-11-16(22)5-6-17(14)19/h5-6,11-13,18,24H,2-4,7-10H2,1H3,(H2,23,25,28). The number of nitrogens with one attached hydrogen (secondary N) is 3. The Labute approximate surface area is 168 Å². The highest BCUT2D eigenvalue weighted by atomic mass is 19.1. The van der Waals surface area contributed by atoms with Crippen LogP contribution >= 0.6 is 0 Å². The van der Waals surface area contributed by atoms with Crippen LogP contribution < -0.4 is 10.6 Å². The Hall–Kier alpha value is -2.87. The van der Waals surface area contributed by atoms with Crippen molar-refractivity contribution in [3.8, 4) is 0 Å². The molecule has 0 aliphatic heterocycles. The van der Waals surface area contributed by atoms with E-state index in [1.165, 1.54) is 17.7 Å². The second-order valence-corrected chi connectivity index (χ2v) is 7.39. The van der Waals surface area contributed by atoms with Gasteiger partial charge < -0.3 is 20.4 Å². The van der Waals surface area contributed by atoms with Gasteiger partial charge in [-0.1, -0.05) is 0 Å². The average Bonchev–Trinajstić information content (AvgIpc) is 3.30. The summed E-state index contributed by atoms with van der Waals surface area (Å²) in [5.74, 6) is -0.264. The summed E-state index contributed by atoms with van der Waals surface area (Å²) in [6.45, 7) is 1.81. The van der Waals surface area contributed by atoms with Gasteiger partial charge >= 0.3 is 6.03 Å². The fourth-order valence-corrected chi connectivity index (χ4v) is 3.92. The molecule has 0 bridgehead atoms. The van der Waals surface area contributed by atoms with E-state index in [1.807, 2.05) is 10.9 Å². The first kappa shape index (κ1) is 19.4. The van der Waals surface area contributed by atoms with Gasteiger partial charge in [0, 0.05) is 37.0 Å². The number of aromatic nitrogens is 3. The quantitative estimate of drug-likeness (QED) is 0.571. The van der Waals surface area contributed by atoms with Gasteiger partial charge in [0.25, 0.3) is 0 Å². The van der Waals surface area contributed by atoms with E-state index < -0.39 is 0 Å². The number of ether oxygens (including phenoxy) is 1. The summed E-state index contributed by atoms with van der Waals surface area (Å²) >= 11 is 0. The number of aryl methyl sites for hydroxylation is 1. The molecule has 1 aromatic carbocycles. The molecule has 3 N–H and O–H groups in total. The summed E-state index contributed by atoms with van der Waals surface area (Å²) in [5, 5.41) is 11.6. The molecule has 2 amide bonds. The SMILES string of the molecule is COCCn1cc2c(n1)C(NC(=O)NCCc1c[nH]c3cc(F)ccc13)CCC2. The Kier molecular flexibility index (Phi) is 5.80. The first-order valence-corrected chi connectivity index (χ1v) is 9.99. The molecule has 0 saturated heterocycles. The molecule has 8 heteroatoms. The molecule has 3 aromatic rings. The number of aromatic amines is 1. The van der Waals surface area contributed by atoms with E-state index in [2.05, 4.69) is 26.9 Å². The van der Waals surface area contributed by atoms with Gasteiger partial charge in [-0.15, -0.1) is 0 Å². The summed E-state index contributed by atoms with van der Waals surface area (Å²) in [6.07, 6.45) is 7.49. The Morgan fingerprint density at radius 2 is 2.34 bits per heavy atom. The van der Waals surface area contributed by atoms with Crippen LogP contribution in [0.15, 0.2) is 30.6 Å². The van der Waals surface area contributed by atoms with E-state index in [0.29, 0.717) is 26.1 Å². The molecule has 0 radical (unpaired) electrons. The summed E-state index contributed by atoms with van der Waals surface area (Å²) in [4.78, 5) is 15.5. The normalized spacial score (nSPS) is 16.0. The second kappa shape index (κ2) is 8.65. The third kappa shape index (κ3) is 4.42. The lowest BCUT2D eigenvalue weighted by atomic mass is 9.94. The number of carbonyl (C=O) groups excluding carboxylic acids is 1. The molecular weight excluding hydrogens is 373 g/mol. The predicted molar refractivity (Wildman–Crippen MR) is 108 cm³/mol. The maximum atomic E-state index is 13.3. The third-order valence-electron chi connectivity index (χ3n) is 5.38. The van der Waals surface area contributed by atoms with Gasteiger partial charge in [-0.25, -0.2) is 9.18 Å². The fourth-order valence-electron chi connectivity index (χ4n) is 3.92. The maximum absolute atomic E-state index is 13.3. The predicted octanol–water partition coefficient (Wildman–Crippen LogP) is 3.07. The number of rotatable bonds is 7. The molecule has 154 valence electrons. The van der Waals surface area contributed by atoms with Crippen LogP contribution in [0.4, 0.5) is 9.18 Å². The van der Waals surface area contributed by atoms with Crippen molar-refractivity contribution in [2.24, 2.45) is 0 Å². The number of halogens is 1. The highest BCUT2D eigenvalue weighted by Gasteiger charge is 2.25. The molecule has 0 saturated carbocycles. The van der Waals surface area contributed by atoms with Gasteiger partial charge in [-0.2, -0.15) is 5.10 Å². The molecule has 1 atom stereocenters.